The number of amides is 1. The van der Waals surface area contributed by atoms with Gasteiger partial charge in [0.05, 0.1) is 12.1 Å². The summed E-state index contributed by atoms with van der Waals surface area (Å²) < 4.78 is 50.1. The normalized spacial score (nSPS) is 19.8. The Morgan fingerprint density at radius 1 is 1.26 bits per heavy atom. The van der Waals surface area contributed by atoms with Gasteiger partial charge in [-0.1, -0.05) is 25.7 Å². The fourth-order valence-electron chi connectivity index (χ4n) is 4.77. The van der Waals surface area contributed by atoms with E-state index in [9.17, 15) is 23.1 Å². The molecule has 1 fully saturated rings. The van der Waals surface area contributed by atoms with Crippen molar-refractivity contribution in [3.63, 3.8) is 0 Å². The van der Waals surface area contributed by atoms with Crippen LogP contribution in [-0.2, 0) is 28.0 Å². The van der Waals surface area contributed by atoms with E-state index in [-0.39, 0.29) is 39.5 Å². The highest BCUT2D eigenvalue weighted by Crippen LogP contribution is 2.44. The van der Waals surface area contributed by atoms with Gasteiger partial charge in [0.1, 0.15) is 17.7 Å². The lowest BCUT2D eigenvalue weighted by Gasteiger charge is -2.19. The summed E-state index contributed by atoms with van der Waals surface area (Å²) in [4.78, 5) is 24.9. The molecular weight excluding hydrogens is 429 g/mol. The first-order valence-electron chi connectivity index (χ1n) is 10.2. The van der Waals surface area contributed by atoms with E-state index in [4.69, 9.17) is 4.74 Å². The van der Waals surface area contributed by atoms with E-state index in [0.717, 1.165) is 19.3 Å². The molecule has 0 atom stereocenters. The first kappa shape index (κ1) is 20.0. The van der Waals surface area contributed by atoms with Gasteiger partial charge in [-0.25, -0.2) is 4.39 Å². The lowest BCUT2D eigenvalue weighted by molar-refractivity contribution is -0.110. The molecule has 11 heteroatoms. The van der Waals surface area contributed by atoms with E-state index in [2.05, 4.69) is 4.40 Å². The number of ether oxygens (including phenoxy) is 1. The number of phenols is 1. The molecule has 2 aliphatic heterocycles. The van der Waals surface area contributed by atoms with E-state index in [1.807, 2.05) is 0 Å². The molecule has 1 amide bonds. The van der Waals surface area contributed by atoms with Crippen molar-refractivity contribution < 1.29 is 27.4 Å². The van der Waals surface area contributed by atoms with Crippen molar-refractivity contribution >= 4 is 38.9 Å². The Kier molecular flexibility index (Phi) is 4.54. The maximum absolute atomic E-state index is 15.5. The zero-order chi connectivity index (χ0) is 21.9. The average molecular weight is 449 g/mol. The third-order valence-corrected chi connectivity index (χ3v) is 7.47. The van der Waals surface area contributed by atoms with Gasteiger partial charge >= 0.3 is 10.2 Å². The van der Waals surface area contributed by atoms with E-state index in [1.54, 1.807) is 0 Å². The second kappa shape index (κ2) is 7.04. The maximum atomic E-state index is 15.5. The zero-order valence-electron chi connectivity index (χ0n) is 16.5. The van der Waals surface area contributed by atoms with Gasteiger partial charge in [0.25, 0.3) is 11.5 Å². The number of aromatic hydroxyl groups is 1. The van der Waals surface area contributed by atoms with E-state index in [0.29, 0.717) is 18.7 Å². The lowest BCUT2D eigenvalue weighted by atomic mass is 10.0. The third kappa shape index (κ3) is 3.01. The predicted molar refractivity (Wildman–Crippen MR) is 111 cm³/mol. The summed E-state index contributed by atoms with van der Waals surface area (Å²) in [6.45, 7) is 0.496. The Morgan fingerprint density at radius 2 is 2.00 bits per heavy atom. The second-order valence-corrected chi connectivity index (χ2v) is 9.54. The summed E-state index contributed by atoms with van der Waals surface area (Å²) in [6, 6.07) is 1.23. The first-order valence-corrected chi connectivity index (χ1v) is 11.6. The maximum Gasteiger partial charge on any atom is 0.352 e. The zero-order valence-corrected chi connectivity index (χ0v) is 17.3. The van der Waals surface area contributed by atoms with Crippen molar-refractivity contribution in [1.29, 1.82) is 0 Å². The van der Waals surface area contributed by atoms with Crippen LogP contribution >= 0.6 is 0 Å². The molecule has 5 rings (SSSR count). The van der Waals surface area contributed by atoms with Crippen LogP contribution in [0.5, 0.6) is 11.5 Å². The lowest BCUT2D eigenvalue weighted by Crippen LogP contribution is -2.31. The molecule has 0 bridgehead atoms. The molecule has 31 heavy (non-hydrogen) atoms. The van der Waals surface area contributed by atoms with Crippen molar-refractivity contribution in [1.82, 2.24) is 4.57 Å². The van der Waals surface area contributed by atoms with Crippen molar-refractivity contribution in [2.45, 2.75) is 45.1 Å². The van der Waals surface area contributed by atoms with Crippen molar-refractivity contribution in [2.24, 2.45) is 10.3 Å². The monoisotopic (exact) mass is 449 g/mol. The number of anilines is 1. The van der Waals surface area contributed by atoms with Gasteiger partial charge < -0.3 is 14.4 Å². The van der Waals surface area contributed by atoms with Gasteiger partial charge in [0.2, 0.25) is 0 Å². The minimum Gasteiger partial charge on any atom is -0.505 e. The Labute approximate surface area is 176 Å². The molecule has 0 spiro atoms. The summed E-state index contributed by atoms with van der Waals surface area (Å²) in [6.07, 6.45) is 6.17. The first-order chi connectivity index (χ1) is 14.8. The summed E-state index contributed by atoms with van der Waals surface area (Å²) in [7, 11) is -4.50. The van der Waals surface area contributed by atoms with Gasteiger partial charge in [0, 0.05) is 17.5 Å². The van der Waals surface area contributed by atoms with Crippen molar-refractivity contribution in [2.75, 3.05) is 10.9 Å². The third-order valence-electron chi connectivity index (χ3n) is 6.27. The van der Waals surface area contributed by atoms with Gasteiger partial charge in [-0.05, 0) is 24.8 Å². The number of hydrogen-bond acceptors (Lipinski definition) is 6. The summed E-state index contributed by atoms with van der Waals surface area (Å²) in [5.74, 6) is -2.39. The fraction of sp³-hybridized carbons (Fsp3) is 0.450. The number of benzene rings is 1. The van der Waals surface area contributed by atoms with Crippen molar-refractivity contribution in [3.8, 4) is 11.5 Å². The molecule has 3 aliphatic rings. The fourth-order valence-corrected chi connectivity index (χ4v) is 5.76. The minimum absolute atomic E-state index is 0.0410. The summed E-state index contributed by atoms with van der Waals surface area (Å²) in [5.41, 5.74) is -0.834. The van der Waals surface area contributed by atoms with Crippen LogP contribution in [0.15, 0.2) is 15.3 Å². The van der Waals surface area contributed by atoms with E-state index >= 15 is 4.39 Å². The molecule has 3 heterocycles. The Hall–Kier alpha value is -2.95. The molecule has 1 aromatic carbocycles. The molecule has 1 aliphatic carbocycles. The van der Waals surface area contributed by atoms with Crippen LogP contribution in [0, 0.1) is 11.7 Å². The molecular formula is C20H20FN3O6S. The number of nitrogens with zero attached hydrogens (tertiary/aromatic N) is 3. The number of carbonyl (C=O) groups is 1. The predicted octanol–water partition coefficient (Wildman–Crippen LogP) is 2.02. The van der Waals surface area contributed by atoms with Gasteiger partial charge in [-0.2, -0.15) is 12.7 Å². The van der Waals surface area contributed by atoms with E-state index in [1.165, 1.54) is 23.5 Å². The Balaban J connectivity index is 1.61. The summed E-state index contributed by atoms with van der Waals surface area (Å²) >= 11 is 0. The molecule has 1 aromatic heterocycles. The van der Waals surface area contributed by atoms with Crippen LogP contribution in [0.1, 0.15) is 37.7 Å². The highest BCUT2D eigenvalue weighted by molar-refractivity contribution is 7.93. The highest BCUT2D eigenvalue weighted by Gasteiger charge is 2.40. The standard InChI is InChI=1S/C20H20FN3O6S/c21-16-13-9-14(30-8-6-11-3-1-2-4-11)20(27)23-7-5-12(17(13)23)19(26)18(16)24-15(25)10-22-31(24,28)29/h9-11,26H,1-8H2. The molecule has 9 nitrogen and oxygen atoms in total. The number of aryl methyl sites for hydroxylation is 2. The number of rotatable bonds is 5. The number of carbonyl (C=O) groups excluding carboxylic acids is 1. The number of halogens is 1. The van der Waals surface area contributed by atoms with Crippen LogP contribution in [0.25, 0.3) is 10.9 Å². The summed E-state index contributed by atoms with van der Waals surface area (Å²) in [5, 5.41) is 10.5. The molecule has 2 aromatic rings. The quantitative estimate of drug-likeness (QED) is 0.746. The molecule has 0 unspecified atom stereocenters. The smallest absolute Gasteiger partial charge is 0.352 e. The Morgan fingerprint density at radius 3 is 2.68 bits per heavy atom. The van der Waals surface area contributed by atoms with Crippen LogP contribution < -0.4 is 14.6 Å². The Bertz CT molecular complexity index is 1310. The topological polar surface area (TPSA) is 118 Å². The SMILES string of the molecule is O=C1C=NS(=O)(=O)N1c1c(O)c2c3c(cc(OCCC4CCCC4)c(=O)n3CC2)c1F. The molecule has 1 N–H and O–H groups in total. The largest absolute Gasteiger partial charge is 0.505 e. The van der Waals surface area contributed by atoms with Gasteiger partial charge in [-0.15, -0.1) is 4.40 Å². The van der Waals surface area contributed by atoms with Crippen molar-refractivity contribution in [3.05, 3.63) is 27.8 Å². The van der Waals surface area contributed by atoms with E-state index < -0.39 is 38.9 Å². The number of pyridine rings is 1. The average Bonchev–Trinajstić information content (AvgIpc) is 3.45. The molecule has 1 saturated carbocycles. The highest BCUT2D eigenvalue weighted by atomic mass is 32.2. The molecule has 164 valence electrons. The molecule has 0 radical (unpaired) electrons. The van der Waals surface area contributed by atoms with Crippen LogP contribution in [0.4, 0.5) is 10.1 Å². The second-order valence-electron chi connectivity index (χ2n) is 8.07. The number of phenolic OH excluding ortho intramolecular Hbond substituents is 1. The number of aromatic nitrogens is 1. The minimum atomic E-state index is -4.50. The van der Waals surface area contributed by atoms with Gasteiger partial charge in [0.15, 0.2) is 11.6 Å². The van der Waals surface area contributed by atoms with Gasteiger partial charge in [-0.3, -0.25) is 9.59 Å². The van der Waals surface area contributed by atoms with Crippen LogP contribution in [-0.4, -0.2) is 36.8 Å². The molecule has 0 saturated heterocycles. The number of hydrogen-bond donors (Lipinski definition) is 1. The van der Waals surface area contributed by atoms with Crippen LogP contribution in [0.2, 0.25) is 0 Å². The van der Waals surface area contributed by atoms with Crippen LogP contribution in [0.3, 0.4) is 0 Å².